The molecule has 0 fully saturated rings. The maximum Gasteiger partial charge on any atom is 0.249 e. The van der Waals surface area contributed by atoms with Crippen LogP contribution in [0.2, 0.25) is 5.02 Å². The average Bonchev–Trinajstić information content (AvgIpc) is 3.13. The molecule has 4 aromatic carbocycles. The van der Waals surface area contributed by atoms with E-state index in [2.05, 4.69) is 16.7 Å². The van der Waals surface area contributed by atoms with Crippen LogP contribution in [0.5, 0.6) is 5.75 Å². The van der Waals surface area contributed by atoms with E-state index < -0.39 is 5.91 Å². The van der Waals surface area contributed by atoms with Gasteiger partial charge in [0.1, 0.15) is 5.75 Å². The van der Waals surface area contributed by atoms with Crippen LogP contribution < -0.4 is 10.5 Å². The lowest BCUT2D eigenvalue weighted by Crippen LogP contribution is -2.11. The number of carbonyl (C=O) groups is 1. The highest BCUT2D eigenvalue weighted by Crippen LogP contribution is 2.35. The van der Waals surface area contributed by atoms with Gasteiger partial charge in [-0.3, -0.25) is 4.79 Å². The van der Waals surface area contributed by atoms with Crippen LogP contribution in [-0.2, 0) is 6.54 Å². The number of benzene rings is 4. The van der Waals surface area contributed by atoms with Crippen molar-refractivity contribution in [3.05, 3.63) is 101 Å². The number of carbonyl (C=O) groups excluding carboxylic acids is 1. The van der Waals surface area contributed by atoms with Crippen molar-refractivity contribution in [3.8, 4) is 16.9 Å². The summed E-state index contributed by atoms with van der Waals surface area (Å²) in [6.07, 6.45) is 0. The average molecular weight is 440 g/mol. The molecule has 0 bridgehead atoms. The van der Waals surface area contributed by atoms with Gasteiger partial charge in [-0.15, -0.1) is 0 Å². The molecule has 0 atom stereocenters. The van der Waals surface area contributed by atoms with E-state index in [-0.39, 0.29) is 0 Å². The number of nitrogens with two attached hydrogens (primary N) is 1. The smallest absolute Gasteiger partial charge is 0.249 e. The minimum atomic E-state index is -0.458. The summed E-state index contributed by atoms with van der Waals surface area (Å²) >= 11 is 6.47. The van der Waals surface area contributed by atoms with E-state index in [0.29, 0.717) is 17.1 Å². The van der Waals surface area contributed by atoms with Crippen molar-refractivity contribution in [1.82, 2.24) is 4.57 Å². The number of amides is 1. The SMILES string of the molecule is COc1ccc(-c2c[c]c3c4c(C(N)=O)cccc4n(Cc4ccccc4Cl)c3c2)cc1. The third-order valence-electron chi connectivity index (χ3n) is 5.77. The van der Waals surface area contributed by atoms with Crippen molar-refractivity contribution >= 4 is 39.3 Å². The summed E-state index contributed by atoms with van der Waals surface area (Å²) in [5.74, 6) is 0.345. The fourth-order valence-corrected chi connectivity index (χ4v) is 4.37. The van der Waals surface area contributed by atoms with Crippen molar-refractivity contribution in [2.45, 2.75) is 6.54 Å². The Hall–Kier alpha value is -3.76. The van der Waals surface area contributed by atoms with Gasteiger partial charge in [-0.25, -0.2) is 0 Å². The predicted molar refractivity (Wildman–Crippen MR) is 129 cm³/mol. The van der Waals surface area contributed by atoms with Crippen LogP contribution in [-0.4, -0.2) is 17.6 Å². The lowest BCUT2D eigenvalue weighted by atomic mass is 10.0. The molecule has 0 unspecified atom stereocenters. The summed E-state index contributed by atoms with van der Waals surface area (Å²) in [5, 5.41) is 2.37. The Morgan fingerprint density at radius 3 is 2.50 bits per heavy atom. The molecule has 157 valence electrons. The lowest BCUT2D eigenvalue weighted by Gasteiger charge is -2.10. The molecule has 32 heavy (non-hydrogen) atoms. The highest BCUT2D eigenvalue weighted by Gasteiger charge is 2.18. The maximum absolute atomic E-state index is 12.2. The fourth-order valence-electron chi connectivity index (χ4n) is 4.18. The quantitative estimate of drug-likeness (QED) is 0.361. The van der Waals surface area contributed by atoms with E-state index in [9.17, 15) is 4.79 Å². The van der Waals surface area contributed by atoms with Gasteiger partial charge in [0.2, 0.25) is 5.91 Å². The van der Waals surface area contributed by atoms with E-state index in [0.717, 1.165) is 44.2 Å². The first kappa shape index (κ1) is 20.2. The minimum absolute atomic E-state index is 0.458. The first-order valence-electron chi connectivity index (χ1n) is 10.2. The molecule has 0 saturated carbocycles. The van der Waals surface area contributed by atoms with Gasteiger partial charge in [-0.1, -0.05) is 48.0 Å². The molecule has 1 amide bonds. The van der Waals surface area contributed by atoms with Gasteiger partial charge in [0.15, 0.2) is 0 Å². The van der Waals surface area contributed by atoms with E-state index in [1.807, 2.05) is 66.7 Å². The Balaban J connectivity index is 1.78. The molecule has 1 aromatic heterocycles. The van der Waals surface area contributed by atoms with Gasteiger partial charge in [0.25, 0.3) is 0 Å². The van der Waals surface area contributed by atoms with E-state index in [1.165, 1.54) is 0 Å². The topological polar surface area (TPSA) is 57.2 Å². The standard InChI is InChI=1S/C27H20ClN2O2/c1-32-20-12-9-17(10-13-20)18-11-14-21-25(15-18)30(16-19-5-2-3-7-23(19)28)24-8-4-6-22(26(21)24)27(29)31/h2-13,15H,16H2,1H3,(H2,29,31). The Kier molecular flexibility index (Phi) is 5.08. The minimum Gasteiger partial charge on any atom is -0.497 e. The predicted octanol–water partition coefficient (Wildman–Crippen LogP) is 6.07. The molecular weight excluding hydrogens is 420 g/mol. The molecule has 5 aromatic rings. The number of methoxy groups -OCH3 is 1. The highest BCUT2D eigenvalue weighted by molar-refractivity contribution is 6.31. The van der Waals surface area contributed by atoms with Gasteiger partial charge in [-0.2, -0.15) is 0 Å². The Morgan fingerprint density at radius 1 is 1.00 bits per heavy atom. The number of fused-ring (bicyclic) bond motifs is 3. The third-order valence-corrected chi connectivity index (χ3v) is 6.14. The van der Waals surface area contributed by atoms with Crippen molar-refractivity contribution in [3.63, 3.8) is 0 Å². The summed E-state index contributed by atoms with van der Waals surface area (Å²) in [4.78, 5) is 12.2. The summed E-state index contributed by atoms with van der Waals surface area (Å²) in [7, 11) is 1.65. The summed E-state index contributed by atoms with van der Waals surface area (Å²) in [5.41, 5.74) is 11.1. The zero-order valence-electron chi connectivity index (χ0n) is 17.4. The zero-order valence-corrected chi connectivity index (χ0v) is 18.2. The van der Waals surface area contributed by atoms with Crippen molar-refractivity contribution in [2.75, 3.05) is 7.11 Å². The van der Waals surface area contributed by atoms with Crippen molar-refractivity contribution in [1.29, 1.82) is 0 Å². The molecular formula is C27H20ClN2O2. The van der Waals surface area contributed by atoms with Gasteiger partial charge in [-0.05, 0) is 65.2 Å². The van der Waals surface area contributed by atoms with Crippen LogP contribution in [0.3, 0.4) is 0 Å². The van der Waals surface area contributed by atoms with Crippen LogP contribution in [0, 0.1) is 6.07 Å². The van der Waals surface area contributed by atoms with Gasteiger partial charge < -0.3 is 15.0 Å². The Labute approximate surface area is 190 Å². The number of hydrogen-bond donors (Lipinski definition) is 1. The van der Waals surface area contributed by atoms with Crippen LogP contribution in [0.15, 0.2) is 78.9 Å². The van der Waals surface area contributed by atoms with Crippen molar-refractivity contribution in [2.24, 2.45) is 5.73 Å². The number of halogens is 1. The third kappa shape index (κ3) is 3.39. The molecule has 0 aliphatic carbocycles. The molecule has 4 nitrogen and oxygen atoms in total. The highest BCUT2D eigenvalue weighted by atomic mass is 35.5. The molecule has 0 aliphatic rings. The summed E-state index contributed by atoms with van der Waals surface area (Å²) < 4.78 is 7.45. The van der Waals surface area contributed by atoms with Gasteiger partial charge in [0.05, 0.1) is 18.1 Å². The summed E-state index contributed by atoms with van der Waals surface area (Å²) in [6.45, 7) is 0.557. The second kappa shape index (κ2) is 8.06. The van der Waals surface area contributed by atoms with Crippen LogP contribution in [0.4, 0.5) is 0 Å². The number of primary amides is 1. The van der Waals surface area contributed by atoms with Crippen LogP contribution >= 0.6 is 11.6 Å². The van der Waals surface area contributed by atoms with E-state index in [1.54, 1.807) is 13.2 Å². The second-order valence-electron chi connectivity index (χ2n) is 7.62. The monoisotopic (exact) mass is 439 g/mol. The first-order chi connectivity index (χ1) is 15.6. The molecule has 2 N–H and O–H groups in total. The van der Waals surface area contributed by atoms with Gasteiger partial charge in [0, 0.05) is 27.9 Å². The Morgan fingerprint density at radius 2 is 1.78 bits per heavy atom. The number of nitrogens with zero attached hydrogens (tertiary/aromatic N) is 1. The van der Waals surface area contributed by atoms with E-state index in [4.69, 9.17) is 22.1 Å². The lowest BCUT2D eigenvalue weighted by molar-refractivity contribution is 0.100. The second-order valence-corrected chi connectivity index (χ2v) is 8.03. The number of aromatic nitrogens is 1. The maximum atomic E-state index is 12.2. The van der Waals surface area contributed by atoms with Crippen molar-refractivity contribution < 1.29 is 9.53 Å². The molecule has 1 radical (unpaired) electrons. The normalized spacial score (nSPS) is 11.2. The fraction of sp³-hybridized carbons (Fsp3) is 0.0741. The molecule has 1 heterocycles. The Bertz CT molecular complexity index is 1470. The first-order valence-corrected chi connectivity index (χ1v) is 10.6. The largest absolute Gasteiger partial charge is 0.497 e. The van der Waals surface area contributed by atoms with Gasteiger partial charge >= 0.3 is 0 Å². The number of rotatable bonds is 5. The molecule has 0 spiro atoms. The molecule has 0 aliphatic heterocycles. The zero-order chi connectivity index (χ0) is 22.2. The summed E-state index contributed by atoms with van der Waals surface area (Å²) in [6, 6.07) is 28.8. The molecule has 5 heteroatoms. The van der Waals surface area contributed by atoms with E-state index >= 15 is 0 Å². The molecule has 5 rings (SSSR count). The van der Waals surface area contributed by atoms with Crippen LogP contribution in [0.1, 0.15) is 15.9 Å². The molecule has 0 saturated heterocycles. The van der Waals surface area contributed by atoms with Crippen LogP contribution in [0.25, 0.3) is 32.9 Å². The number of ether oxygens (including phenoxy) is 1. The number of hydrogen-bond acceptors (Lipinski definition) is 2.